The van der Waals surface area contributed by atoms with Crippen molar-refractivity contribution in [2.24, 2.45) is 51.2 Å². The molecule has 5 saturated carbocycles. The highest BCUT2D eigenvalue weighted by Gasteiger charge is 2.71. The molecule has 0 N–H and O–H groups in total. The fraction of sp³-hybridized carbons (Fsp3) is 0.871. The lowest BCUT2D eigenvalue weighted by atomic mass is 9.33. The van der Waals surface area contributed by atoms with Crippen molar-refractivity contribution in [3.8, 4) is 0 Å². The number of carbonyl (C=O) groups is 2. The number of hydrogen-bond acceptors (Lipinski definition) is 3. The topological polar surface area (TPSA) is 43.4 Å². The predicted octanol–water partition coefficient (Wildman–Crippen LogP) is 7.53. The van der Waals surface area contributed by atoms with Crippen LogP contribution < -0.4 is 0 Å². The monoisotopic (exact) mass is 468 g/mol. The van der Waals surface area contributed by atoms with E-state index in [0.29, 0.717) is 35.4 Å². The summed E-state index contributed by atoms with van der Waals surface area (Å²) in [6.07, 6.45) is 11.0. The number of ether oxygens (including phenoxy) is 1. The molecule has 0 spiro atoms. The summed E-state index contributed by atoms with van der Waals surface area (Å²) in [7, 11) is 0. The van der Waals surface area contributed by atoms with Crippen LogP contribution in [-0.4, -0.2) is 17.4 Å². The van der Waals surface area contributed by atoms with E-state index >= 15 is 0 Å². The molecule has 0 saturated heterocycles. The van der Waals surface area contributed by atoms with E-state index in [4.69, 9.17) is 4.74 Å². The van der Waals surface area contributed by atoms with E-state index in [9.17, 15) is 9.59 Å². The Morgan fingerprint density at radius 1 is 0.853 bits per heavy atom. The van der Waals surface area contributed by atoms with Crippen LogP contribution in [-0.2, 0) is 14.3 Å². The summed E-state index contributed by atoms with van der Waals surface area (Å²) in [5, 5.41) is 0. The Bertz CT molecular complexity index is 918. The maximum atomic E-state index is 12.9. The highest BCUT2D eigenvalue weighted by Crippen LogP contribution is 2.76. The molecule has 0 aliphatic heterocycles. The molecule has 0 aromatic carbocycles. The van der Waals surface area contributed by atoms with Gasteiger partial charge in [0, 0.05) is 24.7 Å². The molecule has 3 heteroatoms. The molecule has 9 atom stereocenters. The molecule has 0 amide bonds. The zero-order valence-corrected chi connectivity index (χ0v) is 22.9. The van der Waals surface area contributed by atoms with Gasteiger partial charge >= 0.3 is 5.97 Å². The molecular formula is C31H48O3. The lowest BCUT2D eigenvalue weighted by molar-refractivity contribution is -0.246. The van der Waals surface area contributed by atoms with Gasteiger partial charge in [-0.05, 0) is 105 Å². The first kappa shape index (κ1) is 24.6. The smallest absolute Gasteiger partial charge is 0.303 e. The Morgan fingerprint density at radius 2 is 1.56 bits per heavy atom. The largest absolute Gasteiger partial charge is 0.459 e. The molecule has 190 valence electrons. The number of allylic oxidation sites excluding steroid dienone is 1. The normalized spacial score (nSPS) is 51.5. The van der Waals surface area contributed by atoms with E-state index in [0.717, 1.165) is 38.5 Å². The lowest BCUT2D eigenvalue weighted by Crippen LogP contribution is -2.67. The second kappa shape index (κ2) is 7.45. The number of esters is 1. The number of carbonyl (C=O) groups excluding carboxylic acids is 2. The number of hydrogen-bond donors (Lipinski definition) is 0. The van der Waals surface area contributed by atoms with Gasteiger partial charge in [0.25, 0.3) is 0 Å². The summed E-state index contributed by atoms with van der Waals surface area (Å²) in [6.45, 7) is 20.5. The van der Waals surface area contributed by atoms with Gasteiger partial charge in [0.05, 0.1) is 0 Å². The summed E-state index contributed by atoms with van der Waals surface area (Å²) in [4.78, 5) is 25.2. The minimum atomic E-state index is -0.289. The Morgan fingerprint density at radius 3 is 2.21 bits per heavy atom. The first-order valence-electron chi connectivity index (χ1n) is 14.1. The molecule has 34 heavy (non-hydrogen) atoms. The van der Waals surface area contributed by atoms with Crippen LogP contribution in [0, 0.1) is 51.2 Å². The van der Waals surface area contributed by atoms with Gasteiger partial charge in [-0.25, -0.2) is 0 Å². The van der Waals surface area contributed by atoms with Crippen molar-refractivity contribution in [2.75, 3.05) is 0 Å². The summed E-state index contributed by atoms with van der Waals surface area (Å²) in [5.74, 6) is 2.97. The molecule has 0 bridgehead atoms. The Labute approximate surface area is 207 Å². The zero-order chi connectivity index (χ0) is 24.9. The van der Waals surface area contributed by atoms with Crippen molar-refractivity contribution >= 4 is 11.8 Å². The number of ketones is 1. The molecule has 0 unspecified atom stereocenters. The Kier molecular flexibility index (Phi) is 5.38. The molecule has 0 heterocycles. The van der Waals surface area contributed by atoms with Crippen LogP contribution >= 0.6 is 0 Å². The second-order valence-corrected chi connectivity index (χ2v) is 14.5. The molecule has 5 rings (SSSR count). The number of Topliss-reactive ketones (excluding diaryl/α,β-unsaturated/α-hetero) is 1. The molecule has 0 radical (unpaired) electrons. The van der Waals surface area contributed by atoms with Crippen molar-refractivity contribution in [3.63, 3.8) is 0 Å². The first-order valence-corrected chi connectivity index (χ1v) is 14.1. The third kappa shape index (κ3) is 2.94. The van der Waals surface area contributed by atoms with E-state index in [2.05, 4.69) is 48.1 Å². The highest BCUT2D eigenvalue weighted by molar-refractivity contribution is 5.85. The van der Waals surface area contributed by atoms with Gasteiger partial charge < -0.3 is 4.74 Å². The maximum absolute atomic E-state index is 12.9. The van der Waals surface area contributed by atoms with Crippen LogP contribution in [0.3, 0.4) is 0 Å². The first-order chi connectivity index (χ1) is 15.7. The Hall–Kier alpha value is -1.12. The summed E-state index contributed by atoms with van der Waals surface area (Å²) in [6, 6.07) is 0. The third-order valence-corrected chi connectivity index (χ3v) is 13.1. The van der Waals surface area contributed by atoms with E-state index in [1.807, 2.05) is 0 Å². The van der Waals surface area contributed by atoms with E-state index in [-0.39, 0.29) is 33.2 Å². The van der Waals surface area contributed by atoms with Crippen LogP contribution in [0.25, 0.3) is 0 Å². The van der Waals surface area contributed by atoms with Crippen LogP contribution in [0.4, 0.5) is 0 Å². The summed E-state index contributed by atoms with van der Waals surface area (Å²) in [5.41, 5.74) is 1.54. The van der Waals surface area contributed by atoms with Gasteiger partial charge in [0.2, 0.25) is 0 Å². The fourth-order valence-corrected chi connectivity index (χ4v) is 11.4. The molecular weight excluding hydrogens is 420 g/mol. The van der Waals surface area contributed by atoms with Crippen molar-refractivity contribution in [1.29, 1.82) is 0 Å². The van der Waals surface area contributed by atoms with Gasteiger partial charge in [-0.15, -0.1) is 0 Å². The van der Waals surface area contributed by atoms with E-state index < -0.39 is 0 Å². The average molecular weight is 469 g/mol. The second-order valence-electron chi connectivity index (χ2n) is 14.5. The van der Waals surface area contributed by atoms with Crippen molar-refractivity contribution in [2.45, 2.75) is 118 Å². The fourth-order valence-electron chi connectivity index (χ4n) is 11.4. The van der Waals surface area contributed by atoms with E-state index in [1.165, 1.54) is 31.3 Å². The van der Waals surface area contributed by atoms with Gasteiger partial charge in [-0.2, -0.15) is 0 Å². The summed E-state index contributed by atoms with van der Waals surface area (Å²) >= 11 is 0. The van der Waals surface area contributed by atoms with Gasteiger partial charge in [0.15, 0.2) is 0 Å². The highest BCUT2D eigenvalue weighted by atomic mass is 16.6. The Balaban J connectivity index is 1.56. The standard InChI is InChI=1S/C31H48O3/c1-19(2)21-11-16-31(34-20(3)32)18-17-29(7)22(26(21)31)9-10-24-28(6)14-13-25(33)27(4,5)23(28)12-15-30(24,29)8/h21-24,26H,1,9-18H2,2-8H3/t21-,22+,23-,24+,26+,28-,29+,30+,31-/m0/s1. The zero-order valence-electron chi connectivity index (χ0n) is 22.9. The van der Waals surface area contributed by atoms with Crippen molar-refractivity contribution in [1.82, 2.24) is 0 Å². The van der Waals surface area contributed by atoms with Crippen molar-refractivity contribution < 1.29 is 14.3 Å². The van der Waals surface area contributed by atoms with Crippen LogP contribution in [0.15, 0.2) is 12.2 Å². The molecule has 5 fully saturated rings. The van der Waals surface area contributed by atoms with Gasteiger partial charge in [-0.1, -0.05) is 46.8 Å². The SMILES string of the molecule is C=C(C)[C@@H]1CC[C@]2(OC(C)=O)CC[C@]3(C)[C@H](CC[C@@H]4[C@@]5(C)CCC(=O)C(C)(C)[C@@H]5CC[C@]43C)[C@@H]12. The number of fused-ring (bicyclic) bond motifs is 7. The van der Waals surface area contributed by atoms with E-state index in [1.54, 1.807) is 6.92 Å². The molecule has 3 nitrogen and oxygen atoms in total. The number of rotatable bonds is 2. The maximum Gasteiger partial charge on any atom is 0.303 e. The minimum absolute atomic E-state index is 0.113. The molecule has 0 aromatic heterocycles. The third-order valence-electron chi connectivity index (χ3n) is 13.1. The quantitative estimate of drug-likeness (QED) is 0.311. The molecule has 5 aliphatic carbocycles. The minimum Gasteiger partial charge on any atom is -0.459 e. The van der Waals surface area contributed by atoms with Gasteiger partial charge in [-0.3, -0.25) is 9.59 Å². The lowest BCUT2D eigenvalue weighted by Gasteiger charge is -2.72. The van der Waals surface area contributed by atoms with Crippen LogP contribution in [0.5, 0.6) is 0 Å². The van der Waals surface area contributed by atoms with Gasteiger partial charge in [0.1, 0.15) is 11.4 Å². The van der Waals surface area contributed by atoms with Crippen molar-refractivity contribution in [3.05, 3.63) is 12.2 Å². The average Bonchev–Trinajstić information content (AvgIpc) is 3.10. The summed E-state index contributed by atoms with van der Waals surface area (Å²) < 4.78 is 6.27. The molecule has 5 aliphatic rings. The molecule has 0 aromatic rings. The van der Waals surface area contributed by atoms with Crippen LogP contribution in [0.2, 0.25) is 0 Å². The van der Waals surface area contributed by atoms with Crippen LogP contribution in [0.1, 0.15) is 113 Å². The predicted molar refractivity (Wildman–Crippen MR) is 136 cm³/mol.